The van der Waals surface area contributed by atoms with Gasteiger partial charge in [-0.25, -0.2) is 0 Å². The van der Waals surface area contributed by atoms with Crippen molar-refractivity contribution in [1.82, 2.24) is 10.1 Å². The van der Waals surface area contributed by atoms with Crippen LogP contribution in [0.3, 0.4) is 0 Å². The Kier molecular flexibility index (Phi) is 7.38. The molecule has 0 fully saturated rings. The Balaban J connectivity index is 2.68. The van der Waals surface area contributed by atoms with E-state index in [1.165, 1.54) is 6.26 Å². The summed E-state index contributed by atoms with van der Waals surface area (Å²) >= 11 is 5.87. The van der Waals surface area contributed by atoms with E-state index in [1.807, 2.05) is 0 Å². The van der Waals surface area contributed by atoms with Crippen LogP contribution in [0.4, 0.5) is 5.82 Å². The molecule has 0 aliphatic carbocycles. The van der Waals surface area contributed by atoms with Crippen molar-refractivity contribution in [3.05, 3.63) is 12.3 Å². The van der Waals surface area contributed by atoms with Crippen LogP contribution in [0, 0.1) is 5.41 Å². The van der Waals surface area contributed by atoms with Gasteiger partial charge in [-0.05, 0) is 20.3 Å². The number of nitrogens with zero attached hydrogens (tertiary/aromatic N) is 2. The van der Waals surface area contributed by atoms with Gasteiger partial charge in [-0.2, -0.15) is 0 Å². The van der Waals surface area contributed by atoms with E-state index in [0.717, 1.165) is 19.3 Å². The highest BCUT2D eigenvalue weighted by molar-refractivity contribution is 6.19. The molecule has 1 N–H and O–H groups in total. The third-order valence-corrected chi connectivity index (χ3v) is 3.94. The molecule has 0 saturated heterocycles. The van der Waals surface area contributed by atoms with Gasteiger partial charge in [0.25, 0.3) is 0 Å². The summed E-state index contributed by atoms with van der Waals surface area (Å²) in [4.78, 5) is 26.2. The molecular weight excluding hydrogens is 306 g/mol. The summed E-state index contributed by atoms with van der Waals surface area (Å²) in [7, 11) is 0. The van der Waals surface area contributed by atoms with Crippen molar-refractivity contribution in [2.24, 2.45) is 5.41 Å². The highest BCUT2D eigenvalue weighted by atomic mass is 35.5. The van der Waals surface area contributed by atoms with Crippen LogP contribution in [-0.4, -0.2) is 40.8 Å². The Labute approximate surface area is 136 Å². The molecule has 2 amide bonds. The number of hydrogen-bond acceptors (Lipinski definition) is 4. The Bertz CT molecular complexity index is 474. The number of hydrogen-bond donors (Lipinski definition) is 1. The first-order valence-corrected chi connectivity index (χ1v) is 7.99. The van der Waals surface area contributed by atoms with Crippen molar-refractivity contribution < 1.29 is 14.1 Å². The molecule has 1 heterocycles. The van der Waals surface area contributed by atoms with Crippen molar-refractivity contribution in [1.29, 1.82) is 0 Å². The van der Waals surface area contributed by atoms with Crippen LogP contribution in [0.5, 0.6) is 0 Å². The predicted molar refractivity (Wildman–Crippen MR) is 85.7 cm³/mol. The summed E-state index contributed by atoms with van der Waals surface area (Å²) in [5, 5.41) is 6.21. The number of carbonyl (C=O) groups excluding carboxylic acids is 2. The van der Waals surface area contributed by atoms with Crippen LogP contribution in [0.25, 0.3) is 0 Å². The lowest BCUT2D eigenvalue weighted by Gasteiger charge is -2.30. The van der Waals surface area contributed by atoms with E-state index in [0.29, 0.717) is 12.4 Å². The topological polar surface area (TPSA) is 75.4 Å². The lowest BCUT2D eigenvalue weighted by atomic mass is 9.94. The van der Waals surface area contributed by atoms with Gasteiger partial charge < -0.3 is 14.7 Å². The first-order valence-electron chi connectivity index (χ1n) is 7.46. The van der Waals surface area contributed by atoms with E-state index in [2.05, 4.69) is 21.9 Å². The first-order chi connectivity index (χ1) is 10.4. The van der Waals surface area contributed by atoms with Crippen LogP contribution < -0.4 is 5.32 Å². The number of anilines is 1. The second-order valence-corrected chi connectivity index (χ2v) is 6.15. The number of halogens is 1. The van der Waals surface area contributed by atoms with Crippen LogP contribution in [0.1, 0.15) is 40.0 Å². The van der Waals surface area contributed by atoms with Crippen molar-refractivity contribution in [2.75, 3.05) is 24.3 Å². The maximum atomic E-state index is 12.6. The van der Waals surface area contributed by atoms with Crippen molar-refractivity contribution in [2.45, 2.75) is 40.0 Å². The summed E-state index contributed by atoms with van der Waals surface area (Å²) in [6.07, 6.45) is 4.29. The van der Waals surface area contributed by atoms with Gasteiger partial charge in [-0.3, -0.25) is 9.59 Å². The SMILES string of the molecule is CCCCCN(CC(=O)Nc1ccon1)C(=O)C(C)(C)CCl. The van der Waals surface area contributed by atoms with Gasteiger partial charge in [0.2, 0.25) is 11.8 Å². The second kappa shape index (κ2) is 8.78. The minimum absolute atomic E-state index is 0.0181. The third kappa shape index (κ3) is 5.67. The van der Waals surface area contributed by atoms with E-state index in [1.54, 1.807) is 24.8 Å². The van der Waals surface area contributed by atoms with E-state index in [9.17, 15) is 9.59 Å². The summed E-state index contributed by atoms with van der Waals surface area (Å²) < 4.78 is 4.66. The number of nitrogens with one attached hydrogen (secondary N) is 1. The van der Waals surface area contributed by atoms with Gasteiger partial charge in [-0.1, -0.05) is 24.9 Å². The van der Waals surface area contributed by atoms with Gasteiger partial charge in [-0.15, -0.1) is 11.6 Å². The maximum absolute atomic E-state index is 12.6. The fourth-order valence-electron chi connectivity index (χ4n) is 1.92. The number of carbonyl (C=O) groups is 2. The molecule has 0 aliphatic heterocycles. The summed E-state index contributed by atoms with van der Waals surface area (Å²) in [6, 6.07) is 1.55. The van der Waals surface area contributed by atoms with E-state index in [4.69, 9.17) is 11.6 Å². The number of alkyl halides is 1. The molecule has 124 valence electrons. The zero-order chi connectivity index (χ0) is 16.6. The molecule has 0 atom stereocenters. The zero-order valence-electron chi connectivity index (χ0n) is 13.4. The molecule has 0 bridgehead atoms. The van der Waals surface area contributed by atoms with Crippen LogP contribution in [0.2, 0.25) is 0 Å². The minimum atomic E-state index is -0.693. The molecule has 0 radical (unpaired) electrons. The normalized spacial score (nSPS) is 11.3. The molecule has 1 rings (SSSR count). The standard InChI is InChI=1S/C15H24ClN3O3/c1-4-5-6-8-19(14(21)15(2,3)11-16)10-13(20)17-12-7-9-22-18-12/h7,9H,4-6,8,10-11H2,1-3H3,(H,17,18,20). The average molecular weight is 330 g/mol. The van der Waals surface area contributed by atoms with Crippen molar-refractivity contribution in [3.63, 3.8) is 0 Å². The van der Waals surface area contributed by atoms with E-state index < -0.39 is 5.41 Å². The summed E-state index contributed by atoms with van der Waals surface area (Å²) in [5.74, 6) is 0.127. The molecular formula is C15H24ClN3O3. The van der Waals surface area contributed by atoms with Crippen LogP contribution >= 0.6 is 11.6 Å². The average Bonchev–Trinajstić information content (AvgIpc) is 2.98. The lowest BCUT2D eigenvalue weighted by molar-refractivity contribution is -0.141. The van der Waals surface area contributed by atoms with E-state index >= 15 is 0 Å². The fraction of sp³-hybridized carbons (Fsp3) is 0.667. The predicted octanol–water partition coefficient (Wildman–Crippen LogP) is 2.90. The fourth-order valence-corrected chi connectivity index (χ4v) is 2.04. The van der Waals surface area contributed by atoms with Gasteiger partial charge in [0, 0.05) is 18.5 Å². The maximum Gasteiger partial charge on any atom is 0.245 e. The quantitative estimate of drug-likeness (QED) is 0.558. The molecule has 7 heteroatoms. The minimum Gasteiger partial charge on any atom is -0.363 e. The lowest BCUT2D eigenvalue weighted by Crippen LogP contribution is -2.46. The summed E-state index contributed by atoms with van der Waals surface area (Å²) in [5.41, 5.74) is -0.693. The largest absolute Gasteiger partial charge is 0.363 e. The molecule has 0 aliphatic rings. The number of amides is 2. The second-order valence-electron chi connectivity index (χ2n) is 5.88. The molecule has 0 unspecified atom stereocenters. The van der Waals surface area contributed by atoms with Gasteiger partial charge in [0.05, 0.1) is 12.0 Å². The molecule has 0 spiro atoms. The highest BCUT2D eigenvalue weighted by Crippen LogP contribution is 2.21. The Morgan fingerprint density at radius 3 is 2.68 bits per heavy atom. The number of unbranched alkanes of at least 4 members (excludes halogenated alkanes) is 2. The molecule has 1 aromatic rings. The summed E-state index contributed by atoms with van der Waals surface area (Å²) in [6.45, 7) is 6.18. The van der Waals surface area contributed by atoms with Crippen LogP contribution in [0.15, 0.2) is 16.9 Å². The molecule has 0 aromatic carbocycles. The van der Waals surface area contributed by atoms with Gasteiger partial charge in [0.1, 0.15) is 6.26 Å². The number of rotatable bonds is 9. The Hall–Kier alpha value is -1.56. The third-order valence-electron chi connectivity index (χ3n) is 3.27. The van der Waals surface area contributed by atoms with Crippen molar-refractivity contribution >= 4 is 29.2 Å². The molecule has 1 aromatic heterocycles. The smallest absolute Gasteiger partial charge is 0.245 e. The van der Waals surface area contributed by atoms with Crippen molar-refractivity contribution in [3.8, 4) is 0 Å². The van der Waals surface area contributed by atoms with Gasteiger partial charge >= 0.3 is 0 Å². The molecule has 6 nitrogen and oxygen atoms in total. The van der Waals surface area contributed by atoms with E-state index in [-0.39, 0.29) is 24.2 Å². The van der Waals surface area contributed by atoms with Crippen LogP contribution in [-0.2, 0) is 9.59 Å². The monoisotopic (exact) mass is 329 g/mol. The molecule has 0 saturated carbocycles. The van der Waals surface area contributed by atoms with Gasteiger partial charge in [0.15, 0.2) is 5.82 Å². The zero-order valence-corrected chi connectivity index (χ0v) is 14.2. The Morgan fingerprint density at radius 2 is 2.14 bits per heavy atom. The number of aromatic nitrogens is 1. The first kappa shape index (κ1) is 18.5. The molecule has 22 heavy (non-hydrogen) atoms. The highest BCUT2D eigenvalue weighted by Gasteiger charge is 2.32. The Morgan fingerprint density at radius 1 is 1.41 bits per heavy atom.